The number of nitrogens with one attached hydrogen (secondary N) is 2. The fraction of sp³-hybridized carbons (Fsp3) is 0.714. The lowest BCUT2D eigenvalue weighted by atomic mass is 10.3. The number of rotatable bonds is 5. The van der Waals surface area contributed by atoms with E-state index in [0.717, 1.165) is 0 Å². The minimum atomic E-state index is -0.281. The summed E-state index contributed by atoms with van der Waals surface area (Å²) in [6, 6.07) is -0.281. The van der Waals surface area contributed by atoms with Gasteiger partial charge < -0.3 is 10.6 Å². The Kier molecular flexibility index (Phi) is 6.47. The molecule has 0 rings (SSSR count). The zero-order valence-corrected chi connectivity index (χ0v) is 7.78. The van der Waals surface area contributed by atoms with Crippen molar-refractivity contribution in [1.82, 2.24) is 10.6 Å². The van der Waals surface area contributed by atoms with E-state index < -0.39 is 0 Å². The topological polar surface area (TPSA) is 58.2 Å². The van der Waals surface area contributed by atoms with Gasteiger partial charge in [-0.15, -0.1) is 11.6 Å². The molecule has 0 aromatic carbocycles. The van der Waals surface area contributed by atoms with Crippen LogP contribution in [0.25, 0.3) is 0 Å². The fourth-order valence-corrected chi connectivity index (χ4v) is 0.670. The smallest absolute Gasteiger partial charge is 0.314 e. The summed E-state index contributed by atoms with van der Waals surface area (Å²) >= 11 is 5.33. The summed E-state index contributed by atoms with van der Waals surface area (Å²) in [5.74, 6) is 0.452. The Morgan fingerprint density at radius 2 is 1.83 bits per heavy atom. The lowest BCUT2D eigenvalue weighted by Gasteiger charge is -2.03. The number of carbonyl (C=O) groups excluding carboxylic acids is 2. The molecule has 12 heavy (non-hydrogen) atoms. The van der Waals surface area contributed by atoms with Crippen molar-refractivity contribution in [3.63, 3.8) is 0 Å². The molecular formula is C7H13ClN2O2. The second kappa shape index (κ2) is 6.91. The van der Waals surface area contributed by atoms with Crippen LogP contribution in [0, 0.1) is 0 Å². The monoisotopic (exact) mass is 192 g/mol. The van der Waals surface area contributed by atoms with E-state index in [1.807, 2.05) is 0 Å². The van der Waals surface area contributed by atoms with Gasteiger partial charge in [-0.2, -0.15) is 0 Å². The van der Waals surface area contributed by atoms with Crippen LogP contribution < -0.4 is 10.6 Å². The van der Waals surface area contributed by atoms with Gasteiger partial charge in [-0.05, 0) is 6.92 Å². The molecule has 0 aliphatic heterocycles. The third-order valence-corrected chi connectivity index (χ3v) is 1.33. The van der Waals surface area contributed by atoms with E-state index >= 15 is 0 Å². The van der Waals surface area contributed by atoms with Crippen molar-refractivity contribution in [3.8, 4) is 0 Å². The Morgan fingerprint density at radius 3 is 2.33 bits per heavy atom. The van der Waals surface area contributed by atoms with Gasteiger partial charge >= 0.3 is 6.03 Å². The highest BCUT2D eigenvalue weighted by molar-refractivity contribution is 6.18. The minimum Gasteiger partial charge on any atom is -0.338 e. The van der Waals surface area contributed by atoms with Gasteiger partial charge in [-0.1, -0.05) is 0 Å². The van der Waals surface area contributed by atoms with Gasteiger partial charge in [0.25, 0.3) is 0 Å². The van der Waals surface area contributed by atoms with Crippen LogP contribution in [-0.4, -0.2) is 30.8 Å². The minimum absolute atomic E-state index is 0.0626. The van der Waals surface area contributed by atoms with E-state index in [9.17, 15) is 9.59 Å². The van der Waals surface area contributed by atoms with E-state index in [1.54, 1.807) is 0 Å². The molecule has 5 heteroatoms. The van der Waals surface area contributed by atoms with Gasteiger partial charge in [0.1, 0.15) is 5.78 Å². The van der Waals surface area contributed by atoms with Crippen LogP contribution in [0.5, 0.6) is 0 Å². The number of hydrogen-bond acceptors (Lipinski definition) is 2. The summed E-state index contributed by atoms with van der Waals surface area (Å²) in [6.07, 6.45) is 0.369. The van der Waals surface area contributed by atoms with E-state index in [2.05, 4.69) is 10.6 Å². The van der Waals surface area contributed by atoms with Gasteiger partial charge in [-0.3, -0.25) is 4.79 Å². The molecule has 0 saturated heterocycles. The summed E-state index contributed by atoms with van der Waals surface area (Å²) in [7, 11) is 0. The quantitative estimate of drug-likeness (QED) is 0.624. The molecule has 0 spiro atoms. The number of ketones is 1. The molecule has 0 aromatic rings. The average molecular weight is 193 g/mol. The molecule has 0 saturated carbocycles. The maximum Gasteiger partial charge on any atom is 0.314 e. The van der Waals surface area contributed by atoms with Crippen molar-refractivity contribution in [2.24, 2.45) is 0 Å². The second-order valence-electron chi connectivity index (χ2n) is 2.32. The fourth-order valence-electron chi connectivity index (χ4n) is 0.575. The molecule has 0 radical (unpaired) electrons. The molecule has 0 atom stereocenters. The van der Waals surface area contributed by atoms with Gasteiger partial charge in [0, 0.05) is 25.4 Å². The first-order valence-corrected chi connectivity index (χ1v) is 4.27. The molecule has 2 N–H and O–H groups in total. The molecule has 0 aliphatic carbocycles. The lowest BCUT2D eigenvalue weighted by Crippen LogP contribution is -2.37. The molecule has 0 fully saturated rings. The Bertz CT molecular complexity index is 161. The van der Waals surface area contributed by atoms with Crippen LogP contribution in [0.3, 0.4) is 0 Å². The highest BCUT2D eigenvalue weighted by Gasteiger charge is 1.98. The van der Waals surface area contributed by atoms with Crippen LogP contribution in [0.15, 0.2) is 0 Å². The normalized spacial score (nSPS) is 9.17. The molecule has 70 valence electrons. The van der Waals surface area contributed by atoms with Gasteiger partial charge in [0.05, 0.1) is 0 Å². The number of urea groups is 1. The number of hydrogen-bond donors (Lipinski definition) is 2. The van der Waals surface area contributed by atoms with Crippen LogP contribution in [0.2, 0.25) is 0 Å². The van der Waals surface area contributed by atoms with E-state index in [-0.39, 0.29) is 11.8 Å². The summed E-state index contributed by atoms with van der Waals surface area (Å²) in [4.78, 5) is 21.2. The molecule has 0 bridgehead atoms. The van der Waals surface area contributed by atoms with Crippen LogP contribution in [-0.2, 0) is 4.79 Å². The predicted molar refractivity (Wildman–Crippen MR) is 47.4 cm³/mol. The first-order valence-electron chi connectivity index (χ1n) is 3.74. The molecule has 0 aliphatic rings. The largest absolute Gasteiger partial charge is 0.338 e. The molecule has 2 amide bonds. The highest BCUT2D eigenvalue weighted by atomic mass is 35.5. The molecule has 0 unspecified atom stereocenters. The zero-order valence-electron chi connectivity index (χ0n) is 7.02. The molecule has 0 heterocycles. The highest BCUT2D eigenvalue weighted by Crippen LogP contribution is 1.78. The van der Waals surface area contributed by atoms with E-state index in [1.165, 1.54) is 6.92 Å². The second-order valence-corrected chi connectivity index (χ2v) is 2.70. The first-order chi connectivity index (χ1) is 5.66. The van der Waals surface area contributed by atoms with Crippen LogP contribution >= 0.6 is 11.6 Å². The average Bonchev–Trinajstić information content (AvgIpc) is 2.00. The molecule has 0 aromatic heterocycles. The van der Waals surface area contributed by atoms with Crippen molar-refractivity contribution >= 4 is 23.4 Å². The van der Waals surface area contributed by atoms with Crippen molar-refractivity contribution in [2.75, 3.05) is 19.0 Å². The van der Waals surface area contributed by atoms with Crippen molar-refractivity contribution < 1.29 is 9.59 Å². The predicted octanol–water partition coefficient (Wildman–Crippen LogP) is 0.503. The van der Waals surface area contributed by atoms with E-state index in [0.29, 0.717) is 25.4 Å². The lowest BCUT2D eigenvalue weighted by molar-refractivity contribution is -0.116. The molecule has 4 nitrogen and oxygen atoms in total. The Balaban J connectivity index is 3.25. The zero-order chi connectivity index (χ0) is 9.40. The standard InChI is InChI=1S/C7H13ClN2O2/c1-6(11)2-4-9-7(12)10-5-3-8/h2-5H2,1H3,(H2,9,10,12). The maximum absolute atomic E-state index is 10.8. The maximum atomic E-state index is 10.8. The molecular weight excluding hydrogens is 180 g/mol. The number of carbonyl (C=O) groups is 2. The summed E-state index contributed by atoms with van der Waals surface area (Å²) < 4.78 is 0. The SMILES string of the molecule is CC(=O)CCNC(=O)NCCCl. The number of alkyl halides is 1. The van der Waals surface area contributed by atoms with Crippen molar-refractivity contribution in [3.05, 3.63) is 0 Å². The van der Waals surface area contributed by atoms with Crippen LogP contribution in [0.4, 0.5) is 4.79 Å². The first kappa shape index (κ1) is 11.2. The number of amides is 2. The van der Waals surface area contributed by atoms with Gasteiger partial charge in [0.15, 0.2) is 0 Å². The summed E-state index contributed by atoms with van der Waals surface area (Å²) in [5.41, 5.74) is 0. The Labute approximate surface area is 76.7 Å². The summed E-state index contributed by atoms with van der Waals surface area (Å²) in [5, 5.41) is 5.03. The Morgan fingerprint density at radius 1 is 1.25 bits per heavy atom. The van der Waals surface area contributed by atoms with Crippen molar-refractivity contribution in [2.45, 2.75) is 13.3 Å². The van der Waals surface area contributed by atoms with Crippen molar-refractivity contribution in [1.29, 1.82) is 0 Å². The number of halogens is 1. The van der Waals surface area contributed by atoms with Crippen LogP contribution in [0.1, 0.15) is 13.3 Å². The number of Topliss-reactive ketones (excluding diaryl/α,β-unsaturated/α-hetero) is 1. The summed E-state index contributed by atoms with van der Waals surface area (Å²) in [6.45, 7) is 2.30. The van der Waals surface area contributed by atoms with Gasteiger partial charge in [0.2, 0.25) is 0 Å². The Hall–Kier alpha value is -0.770. The van der Waals surface area contributed by atoms with Gasteiger partial charge in [-0.25, -0.2) is 4.79 Å². The van der Waals surface area contributed by atoms with E-state index in [4.69, 9.17) is 11.6 Å². The third kappa shape index (κ3) is 7.34. The third-order valence-electron chi connectivity index (χ3n) is 1.14.